The quantitative estimate of drug-likeness (QED) is 0.248. The van der Waals surface area contributed by atoms with E-state index < -0.39 is 0 Å². The van der Waals surface area contributed by atoms with Crippen molar-refractivity contribution in [1.29, 1.82) is 0 Å². The highest BCUT2D eigenvalue weighted by Crippen LogP contribution is 2.64. The van der Waals surface area contributed by atoms with Gasteiger partial charge in [-0.25, -0.2) is 0 Å². The molecule has 0 radical (unpaired) electrons. The van der Waals surface area contributed by atoms with Gasteiger partial charge in [0.2, 0.25) is 0 Å². The van der Waals surface area contributed by atoms with Gasteiger partial charge in [0.1, 0.15) is 0 Å². The molecular formula is C37H40O2. The van der Waals surface area contributed by atoms with E-state index in [1.54, 1.807) is 0 Å². The van der Waals surface area contributed by atoms with E-state index in [-0.39, 0.29) is 34.9 Å². The first-order valence-electron chi connectivity index (χ1n) is 14.3. The molecule has 0 unspecified atom stereocenters. The third-order valence-corrected chi connectivity index (χ3v) is 9.37. The summed E-state index contributed by atoms with van der Waals surface area (Å²) in [7, 11) is 0. The number of benzene rings is 4. The van der Waals surface area contributed by atoms with Gasteiger partial charge < -0.3 is 10.2 Å². The molecule has 0 aromatic heterocycles. The molecule has 2 N–H and O–H groups in total. The highest BCUT2D eigenvalue weighted by Gasteiger charge is 2.55. The van der Waals surface area contributed by atoms with Crippen molar-refractivity contribution in [2.45, 2.75) is 57.8 Å². The van der Waals surface area contributed by atoms with Crippen LogP contribution in [0.3, 0.4) is 0 Å². The SMILES string of the molecule is CC(C)(CO)CC1(CC2(CC(C)(C)CO)c3ccccc3-c3ccccc32)c2ccccc2-c2ccccc21. The second kappa shape index (κ2) is 9.18. The van der Waals surface area contributed by atoms with Gasteiger partial charge in [-0.15, -0.1) is 0 Å². The van der Waals surface area contributed by atoms with Crippen LogP contribution in [0.2, 0.25) is 0 Å². The monoisotopic (exact) mass is 516 g/mol. The van der Waals surface area contributed by atoms with E-state index in [2.05, 4.69) is 125 Å². The van der Waals surface area contributed by atoms with E-state index in [4.69, 9.17) is 0 Å². The van der Waals surface area contributed by atoms with Crippen LogP contribution in [0.1, 0.15) is 69.2 Å². The molecule has 0 fully saturated rings. The van der Waals surface area contributed by atoms with E-state index in [1.165, 1.54) is 44.5 Å². The van der Waals surface area contributed by atoms with Crippen LogP contribution in [0.4, 0.5) is 0 Å². The number of aliphatic hydroxyl groups is 2. The van der Waals surface area contributed by atoms with Crippen molar-refractivity contribution >= 4 is 0 Å². The summed E-state index contributed by atoms with van der Waals surface area (Å²) in [5.74, 6) is 0. The van der Waals surface area contributed by atoms with Crippen molar-refractivity contribution in [3.63, 3.8) is 0 Å². The van der Waals surface area contributed by atoms with Gasteiger partial charge in [-0.2, -0.15) is 0 Å². The highest BCUT2D eigenvalue weighted by atomic mass is 16.3. The summed E-state index contributed by atoms with van der Waals surface area (Å²) in [6, 6.07) is 35.6. The van der Waals surface area contributed by atoms with Gasteiger partial charge in [-0.1, -0.05) is 125 Å². The predicted molar refractivity (Wildman–Crippen MR) is 161 cm³/mol. The molecule has 200 valence electrons. The number of aliphatic hydroxyl groups excluding tert-OH is 2. The number of hydrogen-bond acceptors (Lipinski definition) is 2. The van der Waals surface area contributed by atoms with Crippen molar-refractivity contribution in [2.24, 2.45) is 10.8 Å². The van der Waals surface area contributed by atoms with Crippen molar-refractivity contribution < 1.29 is 10.2 Å². The zero-order valence-corrected chi connectivity index (χ0v) is 23.7. The summed E-state index contributed by atoms with van der Waals surface area (Å²) in [6.07, 6.45) is 2.53. The average molecular weight is 517 g/mol. The lowest BCUT2D eigenvalue weighted by Crippen LogP contribution is -2.43. The van der Waals surface area contributed by atoms with Crippen LogP contribution in [0.5, 0.6) is 0 Å². The molecule has 0 saturated carbocycles. The molecule has 0 spiro atoms. The molecule has 0 atom stereocenters. The van der Waals surface area contributed by atoms with Crippen molar-refractivity contribution in [3.05, 3.63) is 119 Å². The minimum absolute atomic E-state index is 0.126. The largest absolute Gasteiger partial charge is 0.396 e. The second-order valence-corrected chi connectivity index (χ2v) is 13.5. The Morgan fingerprint density at radius 2 is 0.718 bits per heavy atom. The first-order chi connectivity index (χ1) is 18.7. The molecule has 0 saturated heterocycles. The predicted octanol–water partition coefficient (Wildman–Crippen LogP) is 8.13. The molecule has 0 amide bonds. The lowest BCUT2D eigenvalue weighted by molar-refractivity contribution is 0.0998. The molecule has 2 aliphatic carbocycles. The minimum atomic E-state index is -0.310. The smallest absolute Gasteiger partial charge is 0.0482 e. The van der Waals surface area contributed by atoms with Gasteiger partial charge in [0, 0.05) is 24.0 Å². The van der Waals surface area contributed by atoms with E-state index in [0.29, 0.717) is 0 Å². The Hall–Kier alpha value is -3.20. The first kappa shape index (κ1) is 26.0. The van der Waals surface area contributed by atoms with Crippen LogP contribution in [0.15, 0.2) is 97.1 Å². The molecule has 39 heavy (non-hydrogen) atoms. The molecular weight excluding hydrogens is 476 g/mol. The van der Waals surface area contributed by atoms with Crippen LogP contribution in [0.25, 0.3) is 22.3 Å². The van der Waals surface area contributed by atoms with Crippen LogP contribution in [-0.4, -0.2) is 23.4 Å². The maximum absolute atomic E-state index is 10.6. The van der Waals surface area contributed by atoms with Gasteiger partial charge in [0.15, 0.2) is 0 Å². The van der Waals surface area contributed by atoms with E-state index in [9.17, 15) is 10.2 Å². The Morgan fingerprint density at radius 3 is 0.974 bits per heavy atom. The summed E-state index contributed by atoms with van der Waals surface area (Å²) in [5, 5.41) is 21.2. The fraction of sp³-hybridized carbons (Fsp3) is 0.351. The second-order valence-electron chi connectivity index (χ2n) is 13.5. The zero-order chi connectivity index (χ0) is 27.5. The molecule has 0 bridgehead atoms. The minimum Gasteiger partial charge on any atom is -0.396 e. The summed E-state index contributed by atoms with van der Waals surface area (Å²) in [6.45, 7) is 9.03. The van der Waals surface area contributed by atoms with Crippen LogP contribution in [-0.2, 0) is 10.8 Å². The van der Waals surface area contributed by atoms with Crippen LogP contribution < -0.4 is 0 Å². The van der Waals surface area contributed by atoms with Crippen molar-refractivity contribution in [3.8, 4) is 22.3 Å². The fourth-order valence-electron chi connectivity index (χ4n) is 7.98. The van der Waals surface area contributed by atoms with E-state index in [1.807, 2.05) is 0 Å². The molecule has 0 heterocycles. The van der Waals surface area contributed by atoms with Gasteiger partial charge in [0.05, 0.1) is 0 Å². The highest BCUT2D eigenvalue weighted by molar-refractivity contribution is 5.84. The number of fused-ring (bicyclic) bond motifs is 6. The average Bonchev–Trinajstić information content (AvgIpc) is 3.36. The van der Waals surface area contributed by atoms with Gasteiger partial charge in [-0.3, -0.25) is 0 Å². The Kier molecular flexibility index (Phi) is 6.13. The van der Waals surface area contributed by atoms with Gasteiger partial charge >= 0.3 is 0 Å². The molecule has 4 aromatic carbocycles. The fourth-order valence-corrected chi connectivity index (χ4v) is 7.98. The lowest BCUT2D eigenvalue weighted by atomic mass is 9.55. The Bertz CT molecular complexity index is 1320. The molecule has 2 heteroatoms. The third kappa shape index (κ3) is 4.00. The third-order valence-electron chi connectivity index (χ3n) is 9.37. The number of hydrogen-bond donors (Lipinski definition) is 2. The molecule has 6 rings (SSSR count). The lowest BCUT2D eigenvalue weighted by Gasteiger charge is -2.47. The van der Waals surface area contributed by atoms with Crippen molar-refractivity contribution in [2.75, 3.05) is 13.2 Å². The Morgan fingerprint density at radius 1 is 0.462 bits per heavy atom. The maximum atomic E-state index is 10.6. The molecule has 0 aliphatic heterocycles. The van der Waals surface area contributed by atoms with Crippen LogP contribution in [0, 0.1) is 10.8 Å². The van der Waals surface area contributed by atoms with Crippen molar-refractivity contribution in [1.82, 2.24) is 0 Å². The maximum Gasteiger partial charge on any atom is 0.0482 e. The van der Waals surface area contributed by atoms with Gasteiger partial charge in [-0.05, 0) is 74.6 Å². The Labute approximate surface area is 233 Å². The first-order valence-corrected chi connectivity index (χ1v) is 14.3. The Balaban J connectivity index is 1.69. The molecule has 2 nitrogen and oxygen atoms in total. The van der Waals surface area contributed by atoms with Gasteiger partial charge in [0.25, 0.3) is 0 Å². The summed E-state index contributed by atoms with van der Waals surface area (Å²) >= 11 is 0. The normalized spacial score (nSPS) is 16.4. The zero-order valence-electron chi connectivity index (χ0n) is 23.7. The molecule has 2 aliphatic rings. The van der Waals surface area contributed by atoms with E-state index in [0.717, 1.165) is 19.3 Å². The topological polar surface area (TPSA) is 40.5 Å². The summed E-state index contributed by atoms with van der Waals surface area (Å²) in [4.78, 5) is 0. The standard InChI is InChI=1S/C37H40O2/c1-34(2,24-38)21-36(30-17-9-5-13-26(30)27-14-6-10-18-31(27)36)23-37(22-35(3,4)25-39)32-19-11-7-15-28(32)29-16-8-12-20-33(29)37/h5-20,38-39H,21-25H2,1-4H3. The molecule has 4 aromatic rings. The van der Waals surface area contributed by atoms with E-state index >= 15 is 0 Å². The number of rotatable bonds is 8. The summed E-state index contributed by atoms with van der Waals surface area (Å²) in [5.41, 5.74) is 9.46. The van der Waals surface area contributed by atoms with Crippen LogP contribution >= 0.6 is 0 Å². The summed E-state index contributed by atoms with van der Waals surface area (Å²) < 4.78 is 0.